The second kappa shape index (κ2) is 5.26. The number of hydrogen-bond acceptors (Lipinski definition) is 2. The van der Waals surface area contributed by atoms with Gasteiger partial charge in [-0.2, -0.15) is 0 Å². The fourth-order valence-electron chi connectivity index (χ4n) is 3.35. The van der Waals surface area contributed by atoms with E-state index in [4.69, 9.17) is 4.74 Å². The average molecular weight is 261 g/mol. The minimum Gasteiger partial charge on any atom is -0.375 e. The van der Waals surface area contributed by atoms with Gasteiger partial charge in [0.15, 0.2) is 0 Å². The molecule has 2 nitrogen and oxygen atoms in total. The summed E-state index contributed by atoms with van der Waals surface area (Å²) in [7, 11) is 0. The molecule has 0 saturated carbocycles. The van der Waals surface area contributed by atoms with Crippen LogP contribution in [0.5, 0.6) is 0 Å². The molecule has 1 atom stereocenters. The Bertz CT molecular complexity index is 431. The highest BCUT2D eigenvalue weighted by molar-refractivity contribution is 5.31. The molecule has 1 aliphatic heterocycles. The zero-order chi connectivity index (χ0) is 14.1. The summed E-state index contributed by atoms with van der Waals surface area (Å²) in [5, 5.41) is 3.78. The Labute approximate surface area is 117 Å². The van der Waals surface area contributed by atoms with E-state index in [1.807, 2.05) is 0 Å². The van der Waals surface area contributed by atoms with Crippen LogP contribution in [0.15, 0.2) is 24.3 Å². The van der Waals surface area contributed by atoms with Crippen molar-refractivity contribution in [3.63, 3.8) is 0 Å². The molecule has 0 saturated heterocycles. The van der Waals surface area contributed by atoms with Gasteiger partial charge in [-0.3, -0.25) is 0 Å². The maximum atomic E-state index is 5.72. The Kier molecular flexibility index (Phi) is 4.03. The van der Waals surface area contributed by atoms with E-state index in [-0.39, 0.29) is 5.54 Å². The summed E-state index contributed by atoms with van der Waals surface area (Å²) in [6.45, 7) is 13.0. The predicted octanol–water partition coefficient (Wildman–Crippen LogP) is 4.06. The maximum absolute atomic E-state index is 5.72. The predicted molar refractivity (Wildman–Crippen MR) is 80.1 cm³/mol. The largest absolute Gasteiger partial charge is 0.375 e. The molecule has 1 heterocycles. The van der Waals surface area contributed by atoms with Crippen LogP contribution in [-0.2, 0) is 11.3 Å². The molecule has 0 fully saturated rings. The van der Waals surface area contributed by atoms with Crippen molar-refractivity contribution in [3.8, 4) is 0 Å². The topological polar surface area (TPSA) is 21.3 Å². The first-order valence-corrected chi connectivity index (χ1v) is 7.20. The molecule has 1 N–H and O–H groups in total. The van der Waals surface area contributed by atoms with Crippen LogP contribution >= 0.6 is 0 Å². The SMILES string of the molecule is CC(C)(C)CC(C)(C)NC1COCc2ccccc21. The minimum atomic E-state index is 0.108. The van der Waals surface area contributed by atoms with Crippen molar-refractivity contribution in [1.29, 1.82) is 0 Å². The lowest BCUT2D eigenvalue weighted by atomic mass is 9.81. The molecule has 19 heavy (non-hydrogen) atoms. The van der Waals surface area contributed by atoms with Gasteiger partial charge in [0.05, 0.1) is 19.3 Å². The molecule has 0 amide bonds. The first-order chi connectivity index (χ1) is 8.77. The third-order valence-electron chi connectivity index (χ3n) is 3.51. The molecule has 2 heteroatoms. The van der Waals surface area contributed by atoms with Crippen LogP contribution in [0.25, 0.3) is 0 Å². The normalized spacial score (nSPS) is 20.2. The number of rotatable bonds is 3. The third-order valence-corrected chi connectivity index (χ3v) is 3.51. The first-order valence-electron chi connectivity index (χ1n) is 7.20. The number of benzene rings is 1. The van der Waals surface area contributed by atoms with E-state index in [2.05, 4.69) is 64.2 Å². The van der Waals surface area contributed by atoms with Crippen LogP contribution in [0.1, 0.15) is 58.2 Å². The smallest absolute Gasteiger partial charge is 0.0721 e. The lowest BCUT2D eigenvalue weighted by molar-refractivity contribution is 0.0680. The zero-order valence-electron chi connectivity index (χ0n) is 12.9. The van der Waals surface area contributed by atoms with Gasteiger partial charge in [0.25, 0.3) is 0 Å². The Hall–Kier alpha value is -0.860. The van der Waals surface area contributed by atoms with Gasteiger partial charge in [0.2, 0.25) is 0 Å². The summed E-state index contributed by atoms with van der Waals surface area (Å²) in [5.74, 6) is 0. The Morgan fingerprint density at radius 3 is 2.53 bits per heavy atom. The quantitative estimate of drug-likeness (QED) is 0.886. The Balaban J connectivity index is 2.12. The molecule has 106 valence electrons. The highest BCUT2D eigenvalue weighted by Gasteiger charge is 2.30. The number of hydrogen-bond donors (Lipinski definition) is 1. The van der Waals surface area contributed by atoms with Gasteiger partial charge in [-0.25, -0.2) is 0 Å². The molecule has 0 radical (unpaired) electrons. The molecular formula is C17H27NO. The molecule has 2 rings (SSSR count). The van der Waals surface area contributed by atoms with Crippen molar-refractivity contribution >= 4 is 0 Å². The average Bonchev–Trinajstić information content (AvgIpc) is 2.25. The minimum absolute atomic E-state index is 0.108. The van der Waals surface area contributed by atoms with E-state index >= 15 is 0 Å². The van der Waals surface area contributed by atoms with Gasteiger partial charge < -0.3 is 10.1 Å². The summed E-state index contributed by atoms with van der Waals surface area (Å²) < 4.78 is 5.72. The summed E-state index contributed by atoms with van der Waals surface area (Å²) >= 11 is 0. The van der Waals surface area contributed by atoms with Crippen LogP contribution in [0, 0.1) is 5.41 Å². The molecule has 1 aromatic carbocycles. The van der Waals surface area contributed by atoms with Crippen LogP contribution in [0.2, 0.25) is 0 Å². The van der Waals surface area contributed by atoms with Crippen molar-refractivity contribution in [1.82, 2.24) is 5.32 Å². The zero-order valence-corrected chi connectivity index (χ0v) is 12.9. The summed E-state index contributed by atoms with van der Waals surface area (Å²) in [6.07, 6.45) is 1.14. The van der Waals surface area contributed by atoms with Gasteiger partial charge in [0, 0.05) is 5.54 Å². The molecular weight excluding hydrogens is 234 g/mol. The van der Waals surface area contributed by atoms with Crippen molar-refractivity contribution in [3.05, 3.63) is 35.4 Å². The van der Waals surface area contributed by atoms with Gasteiger partial charge in [0.1, 0.15) is 0 Å². The second-order valence-electron chi connectivity index (χ2n) is 7.53. The van der Waals surface area contributed by atoms with Gasteiger partial charge in [-0.05, 0) is 36.8 Å². The second-order valence-corrected chi connectivity index (χ2v) is 7.53. The van der Waals surface area contributed by atoms with Crippen molar-refractivity contribution in [2.45, 2.75) is 59.2 Å². The number of ether oxygens (including phenoxy) is 1. The molecule has 1 aromatic rings. The van der Waals surface area contributed by atoms with E-state index in [0.29, 0.717) is 11.5 Å². The van der Waals surface area contributed by atoms with E-state index in [1.165, 1.54) is 11.1 Å². The van der Waals surface area contributed by atoms with E-state index in [9.17, 15) is 0 Å². The number of nitrogens with one attached hydrogen (secondary N) is 1. The van der Waals surface area contributed by atoms with Gasteiger partial charge in [-0.1, -0.05) is 45.0 Å². The molecule has 0 spiro atoms. The van der Waals surface area contributed by atoms with Crippen molar-refractivity contribution < 1.29 is 4.74 Å². The summed E-state index contributed by atoms with van der Waals surface area (Å²) in [4.78, 5) is 0. The van der Waals surface area contributed by atoms with Crippen molar-refractivity contribution in [2.75, 3.05) is 6.61 Å². The molecule has 1 unspecified atom stereocenters. The van der Waals surface area contributed by atoms with Crippen molar-refractivity contribution in [2.24, 2.45) is 5.41 Å². The number of fused-ring (bicyclic) bond motifs is 1. The highest BCUT2D eigenvalue weighted by Crippen LogP contribution is 2.31. The lowest BCUT2D eigenvalue weighted by Gasteiger charge is -2.38. The fraction of sp³-hybridized carbons (Fsp3) is 0.647. The maximum Gasteiger partial charge on any atom is 0.0721 e. The fourth-order valence-corrected chi connectivity index (χ4v) is 3.35. The standard InChI is InChI=1S/C17H27NO/c1-16(2,3)12-17(4,5)18-15-11-19-10-13-8-6-7-9-14(13)15/h6-9,15,18H,10-12H2,1-5H3. The van der Waals surface area contributed by atoms with E-state index in [1.54, 1.807) is 0 Å². The molecule has 0 aromatic heterocycles. The molecule has 1 aliphatic rings. The lowest BCUT2D eigenvalue weighted by Crippen LogP contribution is -2.46. The summed E-state index contributed by atoms with van der Waals surface area (Å²) in [6, 6.07) is 8.91. The monoisotopic (exact) mass is 261 g/mol. The Morgan fingerprint density at radius 2 is 1.84 bits per heavy atom. The van der Waals surface area contributed by atoms with Crippen LogP contribution in [0.3, 0.4) is 0 Å². The summed E-state index contributed by atoms with van der Waals surface area (Å²) in [5.41, 5.74) is 3.15. The molecule has 0 bridgehead atoms. The van der Waals surface area contributed by atoms with Crippen LogP contribution in [0.4, 0.5) is 0 Å². The van der Waals surface area contributed by atoms with Crippen LogP contribution < -0.4 is 5.32 Å². The third kappa shape index (κ3) is 4.05. The van der Waals surface area contributed by atoms with Crippen LogP contribution in [-0.4, -0.2) is 12.1 Å². The highest BCUT2D eigenvalue weighted by atomic mass is 16.5. The van der Waals surface area contributed by atoms with E-state index in [0.717, 1.165) is 19.6 Å². The van der Waals surface area contributed by atoms with Gasteiger partial charge in [-0.15, -0.1) is 0 Å². The Morgan fingerprint density at radius 1 is 1.16 bits per heavy atom. The first kappa shape index (κ1) is 14.5. The van der Waals surface area contributed by atoms with Gasteiger partial charge >= 0.3 is 0 Å². The van der Waals surface area contributed by atoms with E-state index < -0.39 is 0 Å². The molecule has 0 aliphatic carbocycles.